The van der Waals surface area contributed by atoms with Crippen LogP contribution < -0.4 is 10.6 Å². The molecule has 25 heavy (non-hydrogen) atoms. The van der Waals surface area contributed by atoms with Crippen molar-refractivity contribution >= 4 is 41.3 Å². The number of likely N-dealkylation sites (tertiary alicyclic amines) is 1. The first-order valence-corrected chi connectivity index (χ1v) is 9.10. The van der Waals surface area contributed by atoms with E-state index in [0.29, 0.717) is 19.0 Å². The normalized spacial score (nSPS) is 17.2. The molecule has 1 aromatic rings. The summed E-state index contributed by atoms with van der Waals surface area (Å²) in [6.07, 6.45) is -1.47. The van der Waals surface area contributed by atoms with Crippen molar-refractivity contribution in [1.82, 2.24) is 15.5 Å². The largest absolute Gasteiger partial charge is 0.401 e. The summed E-state index contributed by atoms with van der Waals surface area (Å²) < 4.78 is 37.1. The molecule has 0 bridgehead atoms. The SMILES string of the molecule is CN=C(NCCC1CCN(CC(F)(F)F)CC1)NCc1cccs1.I. The fourth-order valence-electron chi connectivity index (χ4n) is 2.89. The third-order valence-corrected chi connectivity index (χ3v) is 5.07. The van der Waals surface area contributed by atoms with Gasteiger partial charge in [-0.05, 0) is 49.7 Å². The quantitative estimate of drug-likeness (QED) is 0.363. The number of halogens is 4. The smallest absolute Gasteiger partial charge is 0.356 e. The third-order valence-electron chi connectivity index (χ3n) is 4.19. The Morgan fingerprint density at radius 1 is 1.32 bits per heavy atom. The first-order valence-electron chi connectivity index (χ1n) is 8.22. The highest BCUT2D eigenvalue weighted by Gasteiger charge is 2.32. The van der Waals surface area contributed by atoms with Crippen LogP contribution in [0.2, 0.25) is 0 Å². The average molecular weight is 490 g/mol. The number of hydrogen-bond acceptors (Lipinski definition) is 3. The molecule has 9 heteroatoms. The van der Waals surface area contributed by atoms with E-state index in [-0.39, 0.29) is 24.0 Å². The van der Waals surface area contributed by atoms with Crippen molar-refractivity contribution in [1.29, 1.82) is 0 Å². The number of hydrogen-bond donors (Lipinski definition) is 2. The second-order valence-electron chi connectivity index (χ2n) is 6.06. The molecular weight excluding hydrogens is 464 g/mol. The van der Waals surface area contributed by atoms with Crippen LogP contribution in [0.25, 0.3) is 0 Å². The van der Waals surface area contributed by atoms with Crippen LogP contribution in [0.3, 0.4) is 0 Å². The molecule has 0 spiro atoms. The highest BCUT2D eigenvalue weighted by molar-refractivity contribution is 14.0. The number of piperidine rings is 1. The number of guanidine groups is 1. The molecule has 144 valence electrons. The fraction of sp³-hybridized carbons (Fsp3) is 0.688. The van der Waals surface area contributed by atoms with Crippen LogP contribution in [0, 0.1) is 5.92 Å². The molecule has 2 rings (SSSR count). The molecule has 1 aromatic heterocycles. The maximum absolute atomic E-state index is 12.4. The number of rotatable bonds is 6. The minimum atomic E-state index is -4.09. The van der Waals surface area contributed by atoms with Gasteiger partial charge in [0.2, 0.25) is 0 Å². The standard InChI is InChI=1S/C16H25F3N4S.HI/c1-20-15(22-11-14-3-2-10-24-14)21-7-4-13-5-8-23(9-6-13)12-16(17,18)19;/h2-3,10,13H,4-9,11-12H2,1H3,(H2,20,21,22);1H. The Hall–Kier alpha value is -0.550. The Morgan fingerprint density at radius 2 is 2.04 bits per heavy atom. The Kier molecular flexibility index (Phi) is 10.1. The number of aliphatic imine (C=N–C) groups is 1. The zero-order chi connectivity index (χ0) is 17.4. The first kappa shape index (κ1) is 22.5. The lowest BCUT2D eigenvalue weighted by Crippen LogP contribution is -2.41. The van der Waals surface area contributed by atoms with Gasteiger partial charge >= 0.3 is 6.18 Å². The molecular formula is C16H26F3IN4S. The Bertz CT molecular complexity index is 500. The molecule has 0 atom stereocenters. The van der Waals surface area contributed by atoms with Gasteiger partial charge in [0.25, 0.3) is 0 Å². The Balaban J connectivity index is 0.00000312. The highest BCUT2D eigenvalue weighted by atomic mass is 127. The molecule has 1 saturated heterocycles. The minimum Gasteiger partial charge on any atom is -0.356 e. The number of alkyl halides is 3. The molecule has 0 radical (unpaired) electrons. The maximum atomic E-state index is 12.4. The summed E-state index contributed by atoms with van der Waals surface area (Å²) in [6, 6.07) is 4.09. The van der Waals surface area contributed by atoms with Gasteiger partial charge in [0.15, 0.2) is 5.96 Å². The van der Waals surface area contributed by atoms with Crippen LogP contribution in [0.15, 0.2) is 22.5 Å². The van der Waals surface area contributed by atoms with Crippen molar-refractivity contribution < 1.29 is 13.2 Å². The van der Waals surface area contributed by atoms with Crippen molar-refractivity contribution in [2.24, 2.45) is 10.9 Å². The topological polar surface area (TPSA) is 39.7 Å². The van der Waals surface area contributed by atoms with Crippen LogP contribution in [-0.2, 0) is 6.54 Å². The van der Waals surface area contributed by atoms with E-state index < -0.39 is 12.7 Å². The zero-order valence-corrected chi connectivity index (χ0v) is 17.5. The van der Waals surface area contributed by atoms with Gasteiger partial charge < -0.3 is 10.6 Å². The van der Waals surface area contributed by atoms with E-state index in [9.17, 15) is 13.2 Å². The highest BCUT2D eigenvalue weighted by Crippen LogP contribution is 2.23. The van der Waals surface area contributed by atoms with Crippen molar-refractivity contribution in [2.45, 2.75) is 32.0 Å². The lowest BCUT2D eigenvalue weighted by atomic mass is 9.93. The lowest BCUT2D eigenvalue weighted by Gasteiger charge is -2.32. The van der Waals surface area contributed by atoms with Crippen LogP contribution >= 0.6 is 35.3 Å². The summed E-state index contributed by atoms with van der Waals surface area (Å²) in [7, 11) is 1.74. The minimum absolute atomic E-state index is 0. The van der Waals surface area contributed by atoms with Gasteiger partial charge in [-0.3, -0.25) is 9.89 Å². The van der Waals surface area contributed by atoms with Crippen molar-refractivity contribution in [3.63, 3.8) is 0 Å². The molecule has 0 unspecified atom stereocenters. The van der Waals surface area contributed by atoms with Gasteiger partial charge in [-0.25, -0.2) is 0 Å². The number of nitrogens with zero attached hydrogens (tertiary/aromatic N) is 2. The molecule has 2 N–H and O–H groups in total. The summed E-state index contributed by atoms with van der Waals surface area (Å²) in [5.74, 6) is 1.25. The number of thiophene rings is 1. The summed E-state index contributed by atoms with van der Waals surface area (Å²) in [4.78, 5) is 6.94. The molecule has 0 amide bonds. The van der Waals surface area contributed by atoms with Gasteiger partial charge in [-0.1, -0.05) is 6.07 Å². The van der Waals surface area contributed by atoms with Gasteiger partial charge in [-0.15, -0.1) is 35.3 Å². The monoisotopic (exact) mass is 490 g/mol. The van der Waals surface area contributed by atoms with Crippen LogP contribution in [0.5, 0.6) is 0 Å². The van der Waals surface area contributed by atoms with Crippen LogP contribution in [-0.4, -0.2) is 50.3 Å². The van der Waals surface area contributed by atoms with Gasteiger partial charge in [0, 0.05) is 18.5 Å². The van der Waals surface area contributed by atoms with E-state index in [0.717, 1.165) is 38.3 Å². The van der Waals surface area contributed by atoms with E-state index in [1.807, 2.05) is 11.4 Å². The Labute approximate surface area is 168 Å². The van der Waals surface area contributed by atoms with E-state index >= 15 is 0 Å². The van der Waals surface area contributed by atoms with Crippen LogP contribution in [0.4, 0.5) is 13.2 Å². The lowest BCUT2D eigenvalue weighted by molar-refractivity contribution is -0.148. The van der Waals surface area contributed by atoms with E-state index in [2.05, 4.69) is 21.7 Å². The second kappa shape index (κ2) is 11.2. The van der Waals surface area contributed by atoms with Crippen molar-refractivity contribution in [3.05, 3.63) is 22.4 Å². The predicted molar refractivity (Wildman–Crippen MR) is 108 cm³/mol. The first-order chi connectivity index (χ1) is 11.5. The molecule has 1 aliphatic heterocycles. The summed E-state index contributed by atoms with van der Waals surface area (Å²) in [5.41, 5.74) is 0. The predicted octanol–water partition coefficient (Wildman–Crippen LogP) is 3.70. The van der Waals surface area contributed by atoms with E-state index in [4.69, 9.17) is 0 Å². The van der Waals surface area contributed by atoms with Gasteiger partial charge in [0.05, 0.1) is 13.1 Å². The average Bonchev–Trinajstić information content (AvgIpc) is 3.04. The van der Waals surface area contributed by atoms with E-state index in [1.165, 1.54) is 9.78 Å². The fourth-order valence-corrected chi connectivity index (χ4v) is 3.53. The zero-order valence-electron chi connectivity index (χ0n) is 14.3. The van der Waals surface area contributed by atoms with Gasteiger partial charge in [0.1, 0.15) is 0 Å². The molecule has 1 fully saturated rings. The summed E-state index contributed by atoms with van der Waals surface area (Å²) in [5, 5.41) is 8.58. The van der Waals surface area contributed by atoms with Gasteiger partial charge in [-0.2, -0.15) is 13.2 Å². The van der Waals surface area contributed by atoms with Crippen LogP contribution in [0.1, 0.15) is 24.1 Å². The summed E-state index contributed by atoms with van der Waals surface area (Å²) in [6.45, 7) is 1.82. The second-order valence-corrected chi connectivity index (χ2v) is 7.09. The molecule has 4 nitrogen and oxygen atoms in total. The molecule has 0 aliphatic carbocycles. The Morgan fingerprint density at radius 3 is 2.60 bits per heavy atom. The van der Waals surface area contributed by atoms with Crippen molar-refractivity contribution in [3.8, 4) is 0 Å². The summed E-state index contributed by atoms with van der Waals surface area (Å²) >= 11 is 1.70. The van der Waals surface area contributed by atoms with Crippen molar-refractivity contribution in [2.75, 3.05) is 33.2 Å². The third kappa shape index (κ3) is 9.09. The molecule has 2 heterocycles. The number of nitrogens with one attached hydrogen (secondary N) is 2. The molecule has 0 aromatic carbocycles. The maximum Gasteiger partial charge on any atom is 0.401 e. The van der Waals surface area contributed by atoms with E-state index in [1.54, 1.807) is 18.4 Å². The molecule has 1 aliphatic rings. The molecule has 0 saturated carbocycles.